The number of aryl methyl sites for hydroxylation is 1. The molecule has 0 aromatic carbocycles. The maximum Gasteiger partial charge on any atom is 0.411 e. The molecule has 1 aromatic heterocycles. The highest BCUT2D eigenvalue weighted by Crippen LogP contribution is 2.28. The van der Waals surface area contributed by atoms with Crippen molar-refractivity contribution in [3.63, 3.8) is 0 Å². The van der Waals surface area contributed by atoms with E-state index in [9.17, 15) is 18.0 Å². The Morgan fingerprint density at radius 2 is 2.14 bits per heavy atom. The van der Waals surface area contributed by atoms with E-state index >= 15 is 0 Å². The lowest BCUT2D eigenvalue weighted by atomic mass is 9.86. The van der Waals surface area contributed by atoms with Gasteiger partial charge in [-0.2, -0.15) is 13.2 Å². The predicted molar refractivity (Wildman–Crippen MR) is 75.7 cm³/mol. The second-order valence-electron chi connectivity index (χ2n) is 5.58. The molecule has 0 amide bonds. The van der Waals surface area contributed by atoms with Crippen molar-refractivity contribution >= 4 is 5.82 Å². The van der Waals surface area contributed by atoms with Gasteiger partial charge in [-0.1, -0.05) is 12.8 Å². The number of nitrogens with one attached hydrogen (secondary N) is 1. The van der Waals surface area contributed by atoms with Gasteiger partial charge in [0.15, 0.2) is 5.82 Å². The molecule has 0 bridgehead atoms. The van der Waals surface area contributed by atoms with Crippen LogP contribution in [-0.2, 0) is 11.8 Å². The van der Waals surface area contributed by atoms with Crippen LogP contribution in [0.5, 0.6) is 0 Å². The number of ether oxygens (including phenoxy) is 1. The zero-order chi connectivity index (χ0) is 16.2. The van der Waals surface area contributed by atoms with E-state index in [-0.39, 0.29) is 17.3 Å². The van der Waals surface area contributed by atoms with E-state index in [1.165, 1.54) is 10.8 Å². The fourth-order valence-electron chi connectivity index (χ4n) is 2.67. The summed E-state index contributed by atoms with van der Waals surface area (Å²) < 4.78 is 43.3. The zero-order valence-corrected chi connectivity index (χ0v) is 12.4. The van der Waals surface area contributed by atoms with Crippen molar-refractivity contribution in [1.82, 2.24) is 9.55 Å². The van der Waals surface area contributed by atoms with Crippen LogP contribution in [0.3, 0.4) is 0 Å². The van der Waals surface area contributed by atoms with E-state index in [1.807, 2.05) is 0 Å². The van der Waals surface area contributed by atoms with Gasteiger partial charge in [-0.3, -0.25) is 4.79 Å². The first-order chi connectivity index (χ1) is 10.4. The number of anilines is 1. The van der Waals surface area contributed by atoms with Crippen molar-refractivity contribution in [2.45, 2.75) is 38.0 Å². The van der Waals surface area contributed by atoms with Gasteiger partial charge >= 0.3 is 6.18 Å². The van der Waals surface area contributed by atoms with Crippen LogP contribution in [0.4, 0.5) is 19.0 Å². The van der Waals surface area contributed by atoms with Crippen LogP contribution in [-0.4, -0.2) is 35.0 Å². The number of alkyl halides is 3. The summed E-state index contributed by atoms with van der Waals surface area (Å²) in [6, 6.07) is 0. The van der Waals surface area contributed by atoms with E-state index in [0.717, 1.165) is 19.3 Å². The van der Waals surface area contributed by atoms with E-state index < -0.39 is 18.9 Å². The molecule has 8 heteroatoms. The average molecular weight is 319 g/mol. The lowest BCUT2D eigenvalue weighted by Crippen LogP contribution is -2.36. The largest absolute Gasteiger partial charge is 0.411 e. The molecule has 0 saturated heterocycles. The highest BCUT2D eigenvalue weighted by molar-refractivity contribution is 5.30. The van der Waals surface area contributed by atoms with Gasteiger partial charge < -0.3 is 14.6 Å². The van der Waals surface area contributed by atoms with Crippen molar-refractivity contribution in [2.24, 2.45) is 13.0 Å². The molecule has 0 radical (unpaired) electrons. The van der Waals surface area contributed by atoms with Crippen LogP contribution >= 0.6 is 0 Å². The first-order valence-corrected chi connectivity index (χ1v) is 7.30. The Bertz CT molecular complexity index is 545. The van der Waals surface area contributed by atoms with Crippen molar-refractivity contribution in [1.29, 1.82) is 0 Å². The lowest BCUT2D eigenvalue weighted by Gasteiger charge is -2.32. The number of halogens is 3. The molecular weight excluding hydrogens is 299 g/mol. The summed E-state index contributed by atoms with van der Waals surface area (Å²) in [5.41, 5.74) is -0.258. The van der Waals surface area contributed by atoms with Gasteiger partial charge in [0, 0.05) is 31.9 Å². The Morgan fingerprint density at radius 3 is 2.86 bits per heavy atom. The smallest absolute Gasteiger partial charge is 0.368 e. The molecule has 1 N–H and O–H groups in total. The predicted octanol–water partition coefficient (Wildman–Crippen LogP) is 2.33. The standard InChI is InChI=1S/C14H20F3N3O2/c1-20-7-6-18-12(13(20)21)19-8-10-4-2-3-5-11(10)22-9-14(15,16)17/h6-7,10-11H,2-5,8-9H2,1H3,(H,18,19)/t10-,11+/m1/s1. The summed E-state index contributed by atoms with van der Waals surface area (Å²) in [5, 5.41) is 2.94. The summed E-state index contributed by atoms with van der Waals surface area (Å²) in [6.07, 6.45) is 1.52. The molecule has 5 nitrogen and oxygen atoms in total. The van der Waals surface area contributed by atoms with Crippen molar-refractivity contribution in [3.05, 3.63) is 22.7 Å². The Kier molecular flexibility index (Phi) is 5.44. The minimum atomic E-state index is -4.31. The summed E-state index contributed by atoms with van der Waals surface area (Å²) >= 11 is 0. The fraction of sp³-hybridized carbons (Fsp3) is 0.714. The zero-order valence-electron chi connectivity index (χ0n) is 12.4. The number of nitrogens with zero attached hydrogens (tertiary/aromatic N) is 2. The van der Waals surface area contributed by atoms with E-state index in [1.54, 1.807) is 13.2 Å². The summed E-state index contributed by atoms with van der Waals surface area (Å²) in [4.78, 5) is 15.8. The van der Waals surface area contributed by atoms with E-state index in [0.29, 0.717) is 13.0 Å². The SMILES string of the molecule is Cn1ccnc(NC[C@H]2CCCC[C@@H]2OCC(F)(F)F)c1=O. The van der Waals surface area contributed by atoms with Gasteiger partial charge in [0.2, 0.25) is 0 Å². The molecule has 0 aliphatic heterocycles. The maximum absolute atomic E-state index is 12.3. The van der Waals surface area contributed by atoms with Gasteiger partial charge in [0.25, 0.3) is 5.56 Å². The normalized spacial score (nSPS) is 22.5. The van der Waals surface area contributed by atoms with Crippen LogP contribution in [0.25, 0.3) is 0 Å². The van der Waals surface area contributed by atoms with Gasteiger partial charge in [-0.05, 0) is 12.8 Å². The minimum Gasteiger partial charge on any atom is -0.368 e. The lowest BCUT2D eigenvalue weighted by molar-refractivity contribution is -0.192. The first kappa shape index (κ1) is 16.8. The van der Waals surface area contributed by atoms with Crippen molar-refractivity contribution < 1.29 is 17.9 Å². The number of aromatic nitrogens is 2. The molecule has 1 fully saturated rings. The summed E-state index contributed by atoms with van der Waals surface area (Å²) in [5.74, 6) is 0.160. The maximum atomic E-state index is 12.3. The summed E-state index contributed by atoms with van der Waals surface area (Å²) in [6.45, 7) is -0.839. The molecule has 22 heavy (non-hydrogen) atoms. The van der Waals surface area contributed by atoms with Gasteiger partial charge in [0.05, 0.1) is 6.10 Å². The van der Waals surface area contributed by atoms with Gasteiger partial charge in [-0.25, -0.2) is 4.98 Å². The van der Waals surface area contributed by atoms with Crippen LogP contribution in [0.1, 0.15) is 25.7 Å². The number of rotatable bonds is 5. The monoisotopic (exact) mass is 319 g/mol. The number of hydrogen-bond donors (Lipinski definition) is 1. The highest BCUT2D eigenvalue weighted by atomic mass is 19.4. The molecule has 1 saturated carbocycles. The highest BCUT2D eigenvalue weighted by Gasteiger charge is 2.33. The Morgan fingerprint density at radius 1 is 1.41 bits per heavy atom. The minimum absolute atomic E-state index is 0.0530. The van der Waals surface area contributed by atoms with Crippen LogP contribution in [0, 0.1) is 5.92 Å². The molecule has 1 aliphatic carbocycles. The third-order valence-corrected chi connectivity index (χ3v) is 3.85. The van der Waals surface area contributed by atoms with Crippen LogP contribution in [0.2, 0.25) is 0 Å². The van der Waals surface area contributed by atoms with Gasteiger partial charge in [-0.15, -0.1) is 0 Å². The second kappa shape index (κ2) is 7.13. The van der Waals surface area contributed by atoms with Crippen LogP contribution in [0.15, 0.2) is 17.2 Å². The summed E-state index contributed by atoms with van der Waals surface area (Å²) in [7, 11) is 1.62. The van der Waals surface area contributed by atoms with E-state index in [4.69, 9.17) is 4.74 Å². The molecule has 0 unspecified atom stereocenters. The molecule has 124 valence electrons. The molecule has 0 spiro atoms. The molecule has 2 atom stereocenters. The third-order valence-electron chi connectivity index (χ3n) is 3.85. The van der Waals surface area contributed by atoms with E-state index in [2.05, 4.69) is 10.3 Å². The topological polar surface area (TPSA) is 56.1 Å². The molecule has 2 rings (SSSR count). The molecular formula is C14H20F3N3O2. The van der Waals surface area contributed by atoms with Crippen molar-refractivity contribution in [2.75, 3.05) is 18.5 Å². The number of hydrogen-bond acceptors (Lipinski definition) is 4. The third kappa shape index (κ3) is 4.72. The Balaban J connectivity index is 1.94. The molecule has 1 aliphatic rings. The average Bonchev–Trinajstić information content (AvgIpc) is 2.47. The van der Waals surface area contributed by atoms with Gasteiger partial charge in [0.1, 0.15) is 6.61 Å². The Labute approximate surface area is 126 Å². The Hall–Kier alpha value is -1.57. The van der Waals surface area contributed by atoms with Crippen LogP contribution < -0.4 is 10.9 Å². The molecule has 1 aromatic rings. The quantitative estimate of drug-likeness (QED) is 0.905. The molecule has 1 heterocycles. The van der Waals surface area contributed by atoms with Crippen molar-refractivity contribution in [3.8, 4) is 0 Å². The second-order valence-corrected chi connectivity index (χ2v) is 5.58. The first-order valence-electron chi connectivity index (χ1n) is 7.30. The fourth-order valence-corrected chi connectivity index (χ4v) is 2.67.